The van der Waals surface area contributed by atoms with Gasteiger partial charge in [-0.1, -0.05) is 45.1 Å². The van der Waals surface area contributed by atoms with Crippen molar-refractivity contribution < 1.29 is 72.4 Å². The molecule has 0 radical (unpaired) electrons. The molecule has 3 N–H and O–H groups in total. The molecular formula is C42H69NO15. The molecule has 0 saturated carbocycles. The molecular weight excluding hydrogens is 758 g/mol. The van der Waals surface area contributed by atoms with Crippen LogP contribution < -0.4 is 0 Å². The molecule has 332 valence electrons. The molecule has 0 amide bonds. The molecule has 16 atom stereocenters. The highest BCUT2D eigenvalue weighted by Gasteiger charge is 2.53. The molecule has 3 aliphatic heterocycles. The van der Waals surface area contributed by atoms with Gasteiger partial charge in [-0.2, -0.15) is 0 Å². The van der Waals surface area contributed by atoms with Crippen molar-refractivity contribution in [1.82, 2.24) is 4.90 Å². The summed E-state index contributed by atoms with van der Waals surface area (Å²) in [4.78, 5) is 52.3. The standard InChI is InChI=1S/C42H69NO15/c1-23(2)19-32(47)56-40-27(6)53-34(22-42(40,8)50)57-37-26(5)54-41(36(49)35(37)43(9)10)58-38-29(17-18-44)20-24(3)30(46)16-14-12-13-15-25(4)52-33(48)21-31(39(38)51-11)55-28(7)45/h12-14,16,18,23-27,29-31,34-41,46,49-50H,15,17,19-22H2,1-11H3/b13-12-,16-14+/t24-,25-,26-,27+,29+,30+,31-,34+,35-,36-,37-,38?,39+,40+,41+,42-/m1/s1. The fraction of sp³-hybridized carbons (Fsp3) is 0.810. The summed E-state index contributed by atoms with van der Waals surface area (Å²) in [5, 5.41) is 34.6. The monoisotopic (exact) mass is 827 g/mol. The first-order valence-electron chi connectivity index (χ1n) is 20.4. The molecule has 58 heavy (non-hydrogen) atoms. The van der Waals surface area contributed by atoms with Crippen molar-refractivity contribution in [2.45, 2.75) is 179 Å². The van der Waals surface area contributed by atoms with Crippen LogP contribution in [0.2, 0.25) is 0 Å². The van der Waals surface area contributed by atoms with Crippen LogP contribution in [0.3, 0.4) is 0 Å². The van der Waals surface area contributed by atoms with E-state index in [-0.39, 0.29) is 31.6 Å². The van der Waals surface area contributed by atoms with Gasteiger partial charge in [0.05, 0.1) is 36.9 Å². The van der Waals surface area contributed by atoms with Gasteiger partial charge in [0.15, 0.2) is 18.7 Å². The van der Waals surface area contributed by atoms with Gasteiger partial charge in [-0.3, -0.25) is 14.4 Å². The van der Waals surface area contributed by atoms with Gasteiger partial charge in [0.2, 0.25) is 0 Å². The zero-order valence-corrected chi connectivity index (χ0v) is 36.1. The summed E-state index contributed by atoms with van der Waals surface area (Å²) in [7, 11) is 4.86. The number of rotatable bonds is 12. The zero-order chi connectivity index (χ0) is 43.5. The number of esters is 3. The molecule has 0 aromatic carbocycles. The summed E-state index contributed by atoms with van der Waals surface area (Å²) in [6, 6.07) is -0.782. The van der Waals surface area contributed by atoms with Crippen molar-refractivity contribution in [3.05, 3.63) is 24.3 Å². The average Bonchev–Trinajstić information content (AvgIpc) is 3.09. The summed E-state index contributed by atoms with van der Waals surface area (Å²) in [6.07, 6.45) is -4.11. The van der Waals surface area contributed by atoms with Crippen LogP contribution in [0.25, 0.3) is 0 Å². The van der Waals surface area contributed by atoms with E-state index in [1.807, 2.05) is 20.8 Å². The predicted octanol–water partition coefficient (Wildman–Crippen LogP) is 3.01. The lowest BCUT2D eigenvalue weighted by Crippen LogP contribution is -2.66. The molecule has 2 fully saturated rings. The normalized spacial score (nSPS) is 40.7. The summed E-state index contributed by atoms with van der Waals surface area (Å²) in [6.45, 7) is 13.5. The SMILES string of the molecule is CO[C@@H]1C(O[C@@H]2O[C@H](C)[C@@H](O[C@H]3C[C@@](C)(O)[C@@H](OC(=O)CC(C)C)[C@H](C)O3)[C@H](N(C)C)[C@H]2O)[C@@H](CC=O)C[C@@H](C)[C@@H](O)/C=C/C=C\C[C@@H](C)OC(=O)C[C@H]1OC(C)=O. The lowest BCUT2D eigenvalue weighted by atomic mass is 9.82. The van der Waals surface area contributed by atoms with E-state index in [0.717, 1.165) is 0 Å². The van der Waals surface area contributed by atoms with Crippen molar-refractivity contribution in [1.29, 1.82) is 0 Å². The van der Waals surface area contributed by atoms with Crippen LogP contribution in [0, 0.1) is 17.8 Å². The number of cyclic esters (lactones) is 1. The molecule has 16 heteroatoms. The molecule has 3 heterocycles. The Balaban J connectivity index is 1.98. The largest absolute Gasteiger partial charge is 0.462 e. The van der Waals surface area contributed by atoms with Gasteiger partial charge in [0.1, 0.15) is 42.4 Å². The van der Waals surface area contributed by atoms with E-state index in [0.29, 0.717) is 12.7 Å². The van der Waals surface area contributed by atoms with E-state index >= 15 is 0 Å². The zero-order valence-electron chi connectivity index (χ0n) is 36.1. The second-order valence-electron chi connectivity index (χ2n) is 17.0. The van der Waals surface area contributed by atoms with Gasteiger partial charge >= 0.3 is 17.9 Å². The molecule has 3 aliphatic rings. The minimum atomic E-state index is -1.50. The third kappa shape index (κ3) is 14.2. The Labute approximate surface area is 343 Å². The van der Waals surface area contributed by atoms with E-state index in [1.165, 1.54) is 14.0 Å². The molecule has 0 bridgehead atoms. The van der Waals surface area contributed by atoms with Gasteiger partial charge in [-0.15, -0.1) is 0 Å². The number of ether oxygens (including phenoxy) is 8. The Morgan fingerprint density at radius 3 is 2.29 bits per heavy atom. The topological polar surface area (TPSA) is 206 Å². The first-order valence-corrected chi connectivity index (χ1v) is 20.4. The lowest BCUT2D eigenvalue weighted by molar-refractivity contribution is -0.344. The van der Waals surface area contributed by atoms with E-state index in [2.05, 4.69) is 0 Å². The number of aliphatic hydroxyl groups excluding tert-OH is 2. The maximum atomic E-state index is 13.2. The van der Waals surface area contributed by atoms with Gasteiger partial charge < -0.3 is 62.9 Å². The number of methoxy groups -OCH3 is 1. The molecule has 16 nitrogen and oxygen atoms in total. The molecule has 0 aromatic heterocycles. The number of aldehydes is 1. The number of nitrogens with zero attached hydrogens (tertiary/aromatic N) is 1. The van der Waals surface area contributed by atoms with E-state index < -0.39 is 121 Å². The second-order valence-corrected chi connectivity index (χ2v) is 17.0. The number of allylic oxidation sites excluding steroid dienone is 2. The third-order valence-corrected chi connectivity index (χ3v) is 10.9. The molecule has 0 spiro atoms. The maximum absolute atomic E-state index is 13.2. The number of likely N-dealkylation sites (N-methyl/N-ethyl adjacent to an activating group) is 1. The van der Waals surface area contributed by atoms with Crippen molar-refractivity contribution in [2.24, 2.45) is 17.8 Å². The smallest absolute Gasteiger partial charge is 0.309 e. The summed E-state index contributed by atoms with van der Waals surface area (Å²) < 4.78 is 48.6. The van der Waals surface area contributed by atoms with Crippen LogP contribution in [0.5, 0.6) is 0 Å². The number of hydrogen-bond donors (Lipinski definition) is 3. The van der Waals surface area contributed by atoms with E-state index in [1.54, 1.807) is 71.0 Å². The lowest BCUT2D eigenvalue weighted by Gasteiger charge is -2.50. The van der Waals surface area contributed by atoms with E-state index in [9.17, 15) is 34.5 Å². The Kier molecular flexibility index (Phi) is 19.4. The Morgan fingerprint density at radius 1 is 1.02 bits per heavy atom. The van der Waals surface area contributed by atoms with Crippen molar-refractivity contribution in [3.8, 4) is 0 Å². The molecule has 0 aliphatic carbocycles. The van der Waals surface area contributed by atoms with Gasteiger partial charge in [-0.25, -0.2) is 0 Å². The molecule has 0 aromatic rings. The van der Waals surface area contributed by atoms with Crippen molar-refractivity contribution in [2.75, 3.05) is 21.2 Å². The van der Waals surface area contributed by atoms with Crippen LogP contribution >= 0.6 is 0 Å². The number of hydrogen-bond acceptors (Lipinski definition) is 16. The number of carbonyl (C=O) groups is 4. The predicted molar refractivity (Wildman–Crippen MR) is 210 cm³/mol. The number of carbonyl (C=O) groups excluding carboxylic acids is 4. The number of aliphatic hydroxyl groups is 3. The summed E-state index contributed by atoms with van der Waals surface area (Å²) in [5.74, 6) is -2.82. The third-order valence-electron chi connectivity index (χ3n) is 10.9. The molecule has 3 rings (SSSR count). The highest BCUT2D eigenvalue weighted by Crippen LogP contribution is 2.38. The van der Waals surface area contributed by atoms with E-state index in [4.69, 9.17) is 37.9 Å². The van der Waals surface area contributed by atoms with Crippen LogP contribution in [0.4, 0.5) is 0 Å². The minimum absolute atomic E-state index is 0.0460. The van der Waals surface area contributed by atoms with Crippen molar-refractivity contribution in [3.63, 3.8) is 0 Å². The van der Waals surface area contributed by atoms with Crippen LogP contribution in [0.15, 0.2) is 24.3 Å². The second kappa shape index (κ2) is 22.7. The molecule has 2 saturated heterocycles. The average molecular weight is 828 g/mol. The van der Waals surface area contributed by atoms with Gasteiger partial charge in [0.25, 0.3) is 0 Å². The summed E-state index contributed by atoms with van der Waals surface area (Å²) >= 11 is 0. The van der Waals surface area contributed by atoms with Crippen LogP contribution in [-0.2, 0) is 57.1 Å². The Hall–Kier alpha value is -2.80. The van der Waals surface area contributed by atoms with Gasteiger partial charge in [0, 0.05) is 39.7 Å². The fourth-order valence-electron chi connectivity index (χ4n) is 8.08. The first-order chi connectivity index (χ1) is 27.2. The van der Waals surface area contributed by atoms with Gasteiger partial charge in [-0.05, 0) is 66.0 Å². The minimum Gasteiger partial charge on any atom is -0.462 e. The van der Waals surface area contributed by atoms with Crippen LogP contribution in [-0.4, -0.2) is 151 Å². The van der Waals surface area contributed by atoms with Crippen molar-refractivity contribution >= 4 is 24.2 Å². The highest BCUT2D eigenvalue weighted by atomic mass is 16.7. The fourth-order valence-corrected chi connectivity index (χ4v) is 8.08. The Bertz CT molecular complexity index is 1390. The summed E-state index contributed by atoms with van der Waals surface area (Å²) in [5.41, 5.74) is -1.50. The Morgan fingerprint density at radius 2 is 1.71 bits per heavy atom. The first kappa shape index (κ1) is 49.6. The molecule has 1 unspecified atom stereocenters. The van der Waals surface area contributed by atoms with Crippen LogP contribution in [0.1, 0.15) is 93.9 Å². The maximum Gasteiger partial charge on any atom is 0.309 e. The highest BCUT2D eigenvalue weighted by molar-refractivity contribution is 5.72. The quantitative estimate of drug-likeness (QED) is 0.147.